The van der Waals surface area contributed by atoms with Gasteiger partial charge in [0.25, 0.3) is 0 Å². The zero-order valence-corrected chi connectivity index (χ0v) is 15.0. The highest BCUT2D eigenvalue weighted by atomic mass is 28.2. The molecule has 0 aromatic carbocycles. The standard InChI is InChI=1S/C17H28N2OSi/c1-16(2,3)21-20-17(4,5)14-8-6-7-13(9-14)10-15-11-18-12-19-15/h8,11-13H,6-7,9-10H2,1-5H3,(H,18,19). The van der Waals surface area contributed by atoms with Gasteiger partial charge in [0.1, 0.15) is 0 Å². The van der Waals surface area contributed by atoms with Crippen LogP contribution >= 0.6 is 0 Å². The van der Waals surface area contributed by atoms with Gasteiger partial charge >= 0.3 is 0 Å². The molecule has 2 rings (SSSR count). The largest absolute Gasteiger partial charge is 0.408 e. The van der Waals surface area contributed by atoms with Crippen LogP contribution in [0.5, 0.6) is 0 Å². The van der Waals surface area contributed by atoms with Gasteiger partial charge in [-0.25, -0.2) is 4.98 Å². The van der Waals surface area contributed by atoms with Gasteiger partial charge in [-0.2, -0.15) is 0 Å². The molecule has 2 radical (unpaired) electrons. The summed E-state index contributed by atoms with van der Waals surface area (Å²) in [7, 11) is 0.531. The van der Waals surface area contributed by atoms with Crippen LogP contribution in [0.2, 0.25) is 5.04 Å². The molecule has 0 spiro atoms. The maximum Gasteiger partial charge on any atom is 0.236 e. The van der Waals surface area contributed by atoms with E-state index in [-0.39, 0.29) is 10.6 Å². The van der Waals surface area contributed by atoms with Crippen LogP contribution in [-0.2, 0) is 10.8 Å². The Morgan fingerprint density at radius 1 is 1.33 bits per heavy atom. The van der Waals surface area contributed by atoms with Gasteiger partial charge in [-0.15, -0.1) is 0 Å². The first-order valence-electron chi connectivity index (χ1n) is 7.88. The van der Waals surface area contributed by atoms with Crippen molar-refractivity contribution in [3.63, 3.8) is 0 Å². The molecule has 21 heavy (non-hydrogen) atoms. The second kappa shape index (κ2) is 6.49. The molecule has 1 aliphatic rings. The minimum absolute atomic E-state index is 0.140. The van der Waals surface area contributed by atoms with Crippen molar-refractivity contribution in [3.05, 3.63) is 29.9 Å². The van der Waals surface area contributed by atoms with Crippen molar-refractivity contribution in [2.45, 2.75) is 70.9 Å². The smallest absolute Gasteiger partial charge is 0.236 e. The van der Waals surface area contributed by atoms with Crippen LogP contribution < -0.4 is 0 Å². The van der Waals surface area contributed by atoms with E-state index in [1.807, 2.05) is 6.20 Å². The van der Waals surface area contributed by atoms with Gasteiger partial charge in [-0.3, -0.25) is 0 Å². The fourth-order valence-corrected chi connectivity index (χ4v) is 3.40. The van der Waals surface area contributed by atoms with E-state index in [0.717, 1.165) is 12.8 Å². The highest BCUT2D eigenvalue weighted by Crippen LogP contribution is 2.35. The summed E-state index contributed by atoms with van der Waals surface area (Å²) >= 11 is 0. The van der Waals surface area contributed by atoms with Gasteiger partial charge in [-0.05, 0) is 56.1 Å². The Hall–Kier alpha value is -0.873. The zero-order chi connectivity index (χ0) is 15.5. The summed E-state index contributed by atoms with van der Waals surface area (Å²) in [4.78, 5) is 7.34. The topological polar surface area (TPSA) is 37.9 Å². The molecule has 0 amide bonds. The number of hydrogen-bond donors (Lipinski definition) is 1. The Morgan fingerprint density at radius 3 is 2.71 bits per heavy atom. The van der Waals surface area contributed by atoms with E-state index >= 15 is 0 Å². The monoisotopic (exact) mass is 304 g/mol. The average Bonchev–Trinajstić information content (AvgIpc) is 2.89. The van der Waals surface area contributed by atoms with Crippen molar-refractivity contribution in [2.75, 3.05) is 0 Å². The molecule has 1 heterocycles. The first kappa shape index (κ1) is 16.5. The van der Waals surface area contributed by atoms with Crippen LogP contribution in [0.4, 0.5) is 0 Å². The normalized spacial score (nSPS) is 20.4. The summed E-state index contributed by atoms with van der Waals surface area (Å²) in [5, 5.41) is 0.238. The molecule has 1 unspecified atom stereocenters. The molecular weight excluding hydrogens is 276 g/mol. The third-order valence-electron chi connectivity index (χ3n) is 3.92. The lowest BCUT2D eigenvalue weighted by Gasteiger charge is -2.35. The van der Waals surface area contributed by atoms with E-state index in [9.17, 15) is 0 Å². The molecule has 116 valence electrons. The summed E-state index contributed by atoms with van der Waals surface area (Å²) in [5.41, 5.74) is 2.57. The molecule has 0 saturated heterocycles. The third kappa shape index (κ3) is 5.11. The van der Waals surface area contributed by atoms with Crippen LogP contribution in [0.15, 0.2) is 24.2 Å². The van der Waals surface area contributed by atoms with Gasteiger partial charge < -0.3 is 9.41 Å². The third-order valence-corrected chi connectivity index (χ3v) is 5.15. The summed E-state index contributed by atoms with van der Waals surface area (Å²) < 4.78 is 6.26. The fraction of sp³-hybridized carbons (Fsp3) is 0.706. The van der Waals surface area contributed by atoms with Crippen molar-refractivity contribution in [2.24, 2.45) is 5.92 Å². The van der Waals surface area contributed by atoms with Gasteiger partial charge in [-0.1, -0.05) is 26.8 Å². The maximum atomic E-state index is 6.26. The molecule has 1 N–H and O–H groups in total. The number of aromatic amines is 1. The summed E-state index contributed by atoms with van der Waals surface area (Å²) in [6.45, 7) is 11.1. The number of allylic oxidation sites excluding steroid dienone is 1. The van der Waals surface area contributed by atoms with Crippen molar-refractivity contribution in [3.8, 4) is 0 Å². The Morgan fingerprint density at radius 2 is 2.10 bits per heavy atom. The summed E-state index contributed by atoms with van der Waals surface area (Å²) in [6, 6.07) is 0. The van der Waals surface area contributed by atoms with E-state index in [1.54, 1.807) is 6.33 Å². The summed E-state index contributed by atoms with van der Waals surface area (Å²) in [6.07, 6.45) is 10.8. The number of imidazole rings is 1. The van der Waals surface area contributed by atoms with Crippen LogP contribution in [0.25, 0.3) is 0 Å². The first-order valence-corrected chi connectivity index (χ1v) is 8.79. The van der Waals surface area contributed by atoms with E-state index < -0.39 is 0 Å². The van der Waals surface area contributed by atoms with Crippen molar-refractivity contribution >= 4 is 9.76 Å². The lowest BCUT2D eigenvalue weighted by atomic mass is 9.80. The molecule has 0 saturated carbocycles. The lowest BCUT2D eigenvalue weighted by molar-refractivity contribution is 0.138. The fourth-order valence-electron chi connectivity index (χ4n) is 2.71. The van der Waals surface area contributed by atoms with E-state index in [4.69, 9.17) is 4.43 Å². The molecule has 0 fully saturated rings. The molecular formula is C17H28N2OSi. The maximum absolute atomic E-state index is 6.26. The van der Waals surface area contributed by atoms with E-state index in [2.05, 4.69) is 50.7 Å². The Balaban J connectivity index is 1.94. The minimum atomic E-state index is -0.140. The average molecular weight is 305 g/mol. The molecule has 1 aromatic heterocycles. The molecule has 3 nitrogen and oxygen atoms in total. The van der Waals surface area contributed by atoms with Crippen LogP contribution in [0, 0.1) is 5.92 Å². The second-order valence-electron chi connectivity index (χ2n) is 7.62. The SMILES string of the molecule is CC(C)(C)[Si]OC(C)(C)C1=CCCC(Cc2cnc[nH]2)C1. The van der Waals surface area contributed by atoms with Gasteiger partial charge in [0.15, 0.2) is 0 Å². The molecule has 1 atom stereocenters. The second-order valence-corrected chi connectivity index (χ2v) is 9.53. The molecule has 1 aliphatic carbocycles. The molecule has 0 bridgehead atoms. The zero-order valence-electron chi connectivity index (χ0n) is 14.0. The van der Waals surface area contributed by atoms with Crippen LogP contribution in [0.3, 0.4) is 0 Å². The first-order chi connectivity index (χ1) is 9.76. The van der Waals surface area contributed by atoms with Gasteiger partial charge in [0.2, 0.25) is 9.76 Å². The predicted octanol–water partition coefficient (Wildman–Crippen LogP) is 4.31. The lowest BCUT2D eigenvalue weighted by Crippen LogP contribution is -2.34. The molecule has 4 heteroatoms. The number of nitrogens with zero attached hydrogens (tertiary/aromatic N) is 1. The number of hydrogen-bond acceptors (Lipinski definition) is 2. The summed E-state index contributed by atoms with van der Waals surface area (Å²) in [5.74, 6) is 0.700. The van der Waals surface area contributed by atoms with Crippen molar-refractivity contribution in [1.29, 1.82) is 0 Å². The quantitative estimate of drug-likeness (QED) is 0.650. The predicted molar refractivity (Wildman–Crippen MR) is 88.3 cm³/mol. The van der Waals surface area contributed by atoms with Crippen LogP contribution in [0.1, 0.15) is 59.6 Å². The van der Waals surface area contributed by atoms with E-state index in [1.165, 1.54) is 24.1 Å². The number of aromatic nitrogens is 2. The van der Waals surface area contributed by atoms with Gasteiger partial charge in [0, 0.05) is 11.9 Å². The van der Waals surface area contributed by atoms with Crippen molar-refractivity contribution < 1.29 is 4.43 Å². The van der Waals surface area contributed by atoms with E-state index in [0.29, 0.717) is 15.7 Å². The van der Waals surface area contributed by atoms with Crippen molar-refractivity contribution in [1.82, 2.24) is 9.97 Å². The Bertz CT molecular complexity index is 471. The Labute approximate surface area is 131 Å². The minimum Gasteiger partial charge on any atom is -0.408 e. The Kier molecular flexibility index (Phi) is 5.10. The highest BCUT2D eigenvalue weighted by Gasteiger charge is 2.30. The molecule has 1 aromatic rings. The number of nitrogens with one attached hydrogen (secondary N) is 1. The van der Waals surface area contributed by atoms with Crippen LogP contribution in [-0.4, -0.2) is 25.3 Å². The number of H-pyrrole nitrogens is 1. The number of rotatable bonds is 5. The van der Waals surface area contributed by atoms with Gasteiger partial charge in [0.05, 0.1) is 11.9 Å². The molecule has 0 aliphatic heterocycles. The highest BCUT2D eigenvalue weighted by molar-refractivity contribution is 6.31.